The van der Waals surface area contributed by atoms with E-state index >= 15 is 0 Å². The third-order valence-electron chi connectivity index (χ3n) is 13.4. The molecule has 10 atom stereocenters. The number of carbonyl (C=O) groups is 15. The standard InChI is InChI=1S/C56H89N13O19/c1-7-8-16-34(50(82)67-38(20-24-44(73)74)54(86)68-39(21-25-45(75)76)53(85)66-37(19-23-43(71)72)49(81)61-31(4)47(79)59-6)64-52(84)36(18-22-42(58)70)65-51(83)35(17-12-13-26-57)63-48(80)32(5)62-56(88)41(27-30(2)3)69-55(87)40(28-46(77)78)60-29-33-14-10-9-11-15-33/h9-11,14-15,30-32,34-41,60H,7-8,12-13,16-29,57H2,1-6H3,(H2,58,70)(H,59,79)(H,61,81)(H,62,88)(H,63,80)(H,64,84)(H,65,83)(H,66,85)(H,67,82)(H,68,86)(H,69,87)(H,71,72)(H,73,74)(H,75,76)(H,77,78)/t31-,32+,34-,35-,36-,37-,38-,39-,40+,41-/m0/s1. The number of primary amides is 1. The summed E-state index contributed by atoms with van der Waals surface area (Å²) in [4.78, 5) is 195. The first-order chi connectivity index (χ1) is 41.4. The lowest BCUT2D eigenvalue weighted by molar-refractivity contribution is -0.140. The Morgan fingerprint density at radius 2 is 0.773 bits per heavy atom. The number of hydrogen-bond acceptors (Lipinski definition) is 17. The van der Waals surface area contributed by atoms with Crippen molar-refractivity contribution in [2.24, 2.45) is 17.4 Å². The molecule has 11 amide bonds. The molecule has 1 aromatic carbocycles. The highest BCUT2D eigenvalue weighted by atomic mass is 16.4. The van der Waals surface area contributed by atoms with E-state index in [0.717, 1.165) is 5.56 Å². The van der Waals surface area contributed by atoms with Gasteiger partial charge in [0.15, 0.2) is 0 Å². The van der Waals surface area contributed by atoms with Gasteiger partial charge in [-0.3, -0.25) is 71.9 Å². The fourth-order valence-electron chi connectivity index (χ4n) is 8.48. The van der Waals surface area contributed by atoms with Crippen molar-refractivity contribution in [1.29, 1.82) is 0 Å². The molecule has 32 nitrogen and oxygen atoms in total. The van der Waals surface area contributed by atoms with E-state index in [-0.39, 0.29) is 51.1 Å². The molecule has 0 radical (unpaired) electrons. The maximum Gasteiger partial charge on any atom is 0.305 e. The number of carbonyl (C=O) groups excluding carboxylic acids is 11. The van der Waals surface area contributed by atoms with E-state index in [1.165, 1.54) is 20.9 Å². The van der Waals surface area contributed by atoms with Crippen molar-refractivity contribution >= 4 is 88.9 Å². The van der Waals surface area contributed by atoms with Gasteiger partial charge in [0.1, 0.15) is 54.4 Å². The first-order valence-electron chi connectivity index (χ1n) is 29.0. The minimum absolute atomic E-state index is 0.0649. The molecular formula is C56H89N13O19. The predicted octanol–water partition coefficient (Wildman–Crippen LogP) is -3.01. The van der Waals surface area contributed by atoms with Crippen molar-refractivity contribution in [3.63, 3.8) is 0 Å². The molecule has 1 aromatic rings. The fourth-order valence-corrected chi connectivity index (χ4v) is 8.48. The lowest BCUT2D eigenvalue weighted by atomic mass is 10.0. The lowest BCUT2D eigenvalue weighted by Gasteiger charge is -2.28. The maximum atomic E-state index is 14.2. The summed E-state index contributed by atoms with van der Waals surface area (Å²) in [5.74, 6) is -16.4. The van der Waals surface area contributed by atoms with Gasteiger partial charge in [-0.1, -0.05) is 63.9 Å². The van der Waals surface area contributed by atoms with Crippen molar-refractivity contribution in [3.8, 4) is 0 Å². The molecule has 0 bridgehead atoms. The second kappa shape index (κ2) is 41.3. The van der Waals surface area contributed by atoms with E-state index in [1.807, 2.05) is 0 Å². The Bertz CT molecular complexity index is 2560. The number of carboxylic acid groups (broad SMARTS) is 4. The molecule has 0 aliphatic heterocycles. The number of amides is 11. The molecule has 0 fully saturated rings. The van der Waals surface area contributed by atoms with Crippen molar-refractivity contribution < 1.29 is 92.3 Å². The molecule has 0 aliphatic rings. The van der Waals surface area contributed by atoms with E-state index in [0.29, 0.717) is 12.8 Å². The lowest BCUT2D eigenvalue weighted by Crippen LogP contribution is -2.60. The zero-order valence-electron chi connectivity index (χ0n) is 50.5. The van der Waals surface area contributed by atoms with E-state index < -0.39 is 207 Å². The highest BCUT2D eigenvalue weighted by molar-refractivity contribution is 5.99. The van der Waals surface area contributed by atoms with Gasteiger partial charge in [-0.15, -0.1) is 0 Å². The number of nitrogens with one attached hydrogen (secondary N) is 11. The number of unbranched alkanes of at least 4 members (excludes halogenated alkanes) is 2. The molecule has 32 heteroatoms. The molecule has 0 heterocycles. The third-order valence-corrected chi connectivity index (χ3v) is 13.4. The van der Waals surface area contributed by atoms with Crippen LogP contribution >= 0.6 is 0 Å². The Labute approximate surface area is 509 Å². The summed E-state index contributed by atoms with van der Waals surface area (Å²) in [7, 11) is 1.28. The Balaban J connectivity index is 3.52. The summed E-state index contributed by atoms with van der Waals surface area (Å²) < 4.78 is 0. The molecule has 0 saturated carbocycles. The zero-order valence-corrected chi connectivity index (χ0v) is 50.5. The molecule has 88 heavy (non-hydrogen) atoms. The number of aliphatic carboxylic acids is 4. The molecule has 492 valence electrons. The quantitative estimate of drug-likeness (QED) is 0.0289. The second-order valence-electron chi connectivity index (χ2n) is 21.4. The summed E-state index contributed by atoms with van der Waals surface area (Å²) in [6.07, 6.45) is -4.50. The molecule has 0 aliphatic carbocycles. The Hall–Kier alpha value is -8.81. The highest BCUT2D eigenvalue weighted by Gasteiger charge is 2.36. The van der Waals surface area contributed by atoms with Crippen LogP contribution in [0.2, 0.25) is 0 Å². The smallest absolute Gasteiger partial charge is 0.305 e. The number of likely N-dealkylation sites (N-methyl/N-ethyl adjacent to an activating group) is 1. The fraction of sp³-hybridized carbons (Fsp3) is 0.625. The average Bonchev–Trinajstić information content (AvgIpc) is 3.65. The predicted molar refractivity (Wildman–Crippen MR) is 313 cm³/mol. The summed E-state index contributed by atoms with van der Waals surface area (Å²) in [5, 5.41) is 65.0. The minimum Gasteiger partial charge on any atom is -0.481 e. The number of rotatable bonds is 45. The van der Waals surface area contributed by atoms with Gasteiger partial charge in [0.25, 0.3) is 0 Å². The summed E-state index contributed by atoms with van der Waals surface area (Å²) >= 11 is 0. The summed E-state index contributed by atoms with van der Waals surface area (Å²) in [6.45, 7) is 8.16. The van der Waals surface area contributed by atoms with Crippen LogP contribution in [-0.2, 0) is 78.5 Å². The van der Waals surface area contributed by atoms with Gasteiger partial charge in [-0.25, -0.2) is 0 Å². The van der Waals surface area contributed by atoms with Crippen molar-refractivity contribution in [3.05, 3.63) is 35.9 Å². The molecule has 0 spiro atoms. The van der Waals surface area contributed by atoms with Gasteiger partial charge >= 0.3 is 23.9 Å². The minimum atomic E-state index is -1.82. The van der Waals surface area contributed by atoms with Crippen LogP contribution in [0, 0.1) is 5.92 Å². The van der Waals surface area contributed by atoms with E-state index in [2.05, 4.69) is 58.5 Å². The Morgan fingerprint density at radius 1 is 0.420 bits per heavy atom. The molecule has 0 unspecified atom stereocenters. The van der Waals surface area contributed by atoms with Gasteiger partial charge < -0.3 is 90.4 Å². The normalized spacial score (nSPS) is 14.4. The number of carboxylic acids is 4. The Kier molecular flexibility index (Phi) is 36.2. The van der Waals surface area contributed by atoms with Gasteiger partial charge in [0.2, 0.25) is 65.0 Å². The van der Waals surface area contributed by atoms with Crippen LogP contribution in [0.3, 0.4) is 0 Å². The van der Waals surface area contributed by atoms with Crippen LogP contribution in [0.25, 0.3) is 0 Å². The van der Waals surface area contributed by atoms with Gasteiger partial charge in [-0.05, 0) is 89.7 Å². The third kappa shape index (κ3) is 31.5. The Morgan fingerprint density at radius 3 is 1.15 bits per heavy atom. The largest absolute Gasteiger partial charge is 0.481 e. The molecule has 19 N–H and O–H groups in total. The van der Waals surface area contributed by atoms with Crippen LogP contribution < -0.4 is 70.0 Å². The van der Waals surface area contributed by atoms with Gasteiger partial charge in [0.05, 0.1) is 12.5 Å². The van der Waals surface area contributed by atoms with Crippen LogP contribution in [0.1, 0.15) is 143 Å². The van der Waals surface area contributed by atoms with Crippen LogP contribution in [-0.4, -0.2) is 183 Å². The molecule has 0 aromatic heterocycles. The van der Waals surface area contributed by atoms with E-state index in [1.54, 1.807) is 51.1 Å². The summed E-state index contributed by atoms with van der Waals surface area (Å²) in [5.41, 5.74) is 11.9. The average molecular weight is 1250 g/mol. The highest BCUT2D eigenvalue weighted by Crippen LogP contribution is 2.12. The zero-order chi connectivity index (χ0) is 66.6. The molecule has 1 rings (SSSR count). The van der Waals surface area contributed by atoms with E-state index in [4.69, 9.17) is 11.5 Å². The molecule has 0 saturated heterocycles. The molecular weight excluding hydrogens is 1160 g/mol. The van der Waals surface area contributed by atoms with E-state index in [9.17, 15) is 92.3 Å². The first kappa shape index (κ1) is 77.2. The summed E-state index contributed by atoms with van der Waals surface area (Å²) in [6, 6.07) is -6.12. The van der Waals surface area contributed by atoms with Gasteiger partial charge in [0, 0.05) is 39.3 Å². The number of benzene rings is 1. The SMILES string of the molecule is CCCC[C@H](NC(=O)[C@H](CCC(N)=O)NC(=O)[C@H](CCCCN)NC(=O)[C@@H](C)NC(=O)[C@H](CC(C)C)NC(=O)[C@@H](CC(=O)O)NCc1ccccc1)C(=O)N[C@@H](CCC(=O)O)C(=O)N[C@@H](CCC(=O)O)C(=O)N[C@@H](CCC(=O)O)C(=O)N[C@@H](C)C(=O)NC. The van der Waals surface area contributed by atoms with Crippen LogP contribution in [0.15, 0.2) is 30.3 Å². The number of nitrogens with two attached hydrogens (primary N) is 2. The van der Waals surface area contributed by atoms with Gasteiger partial charge in [-0.2, -0.15) is 0 Å². The van der Waals surface area contributed by atoms with Crippen molar-refractivity contribution in [2.75, 3.05) is 13.6 Å². The first-order valence-corrected chi connectivity index (χ1v) is 29.0. The van der Waals surface area contributed by atoms with Crippen molar-refractivity contribution in [1.82, 2.24) is 58.5 Å². The maximum absolute atomic E-state index is 14.2. The number of hydrogen-bond donors (Lipinski definition) is 17. The van der Waals surface area contributed by atoms with Crippen molar-refractivity contribution in [2.45, 2.75) is 204 Å². The van der Waals surface area contributed by atoms with Crippen LogP contribution in [0.4, 0.5) is 0 Å². The second-order valence-corrected chi connectivity index (χ2v) is 21.4. The topological polar surface area (TPSA) is 521 Å². The monoisotopic (exact) mass is 1250 g/mol. The van der Waals surface area contributed by atoms with Crippen LogP contribution in [0.5, 0.6) is 0 Å².